The van der Waals surface area contributed by atoms with Crippen molar-refractivity contribution in [3.63, 3.8) is 0 Å². The number of rotatable bonds is 6. The maximum atomic E-state index is 12.7. The lowest BCUT2D eigenvalue weighted by Gasteiger charge is -2.12. The van der Waals surface area contributed by atoms with Gasteiger partial charge in [-0.05, 0) is 44.2 Å². The number of carbonyl (C=O) groups is 1. The van der Waals surface area contributed by atoms with E-state index in [0.717, 1.165) is 5.69 Å². The zero-order valence-corrected chi connectivity index (χ0v) is 16.9. The molecular weight excluding hydrogens is 403 g/mol. The van der Waals surface area contributed by atoms with Crippen molar-refractivity contribution in [3.05, 3.63) is 68.1 Å². The molecule has 2 heterocycles. The largest absolute Gasteiger partial charge is 0.488 e. The van der Waals surface area contributed by atoms with E-state index in [2.05, 4.69) is 4.98 Å². The van der Waals surface area contributed by atoms with Gasteiger partial charge in [0, 0.05) is 23.5 Å². The molecule has 3 rings (SSSR count). The summed E-state index contributed by atoms with van der Waals surface area (Å²) in [6.07, 6.45) is 1.48. The molecular formula is C20H18Cl2N2O4. The van der Waals surface area contributed by atoms with Crippen molar-refractivity contribution in [2.45, 2.75) is 20.4 Å². The number of halogens is 2. The van der Waals surface area contributed by atoms with Crippen molar-refractivity contribution in [1.82, 2.24) is 9.55 Å². The number of carbonyl (C=O) groups excluding carboxylic acids is 1. The van der Waals surface area contributed by atoms with Crippen LogP contribution in [-0.4, -0.2) is 28.7 Å². The number of hydrogen-bond donors (Lipinski definition) is 0. The van der Waals surface area contributed by atoms with Gasteiger partial charge in [-0.25, -0.2) is 9.78 Å². The minimum atomic E-state index is -0.708. The molecule has 0 saturated heterocycles. The molecule has 0 N–H and O–H groups in total. The molecule has 0 saturated carbocycles. The predicted molar refractivity (Wildman–Crippen MR) is 109 cm³/mol. The lowest BCUT2D eigenvalue weighted by molar-refractivity contribution is 0.0448. The summed E-state index contributed by atoms with van der Waals surface area (Å²) in [7, 11) is 0. The summed E-state index contributed by atoms with van der Waals surface area (Å²) in [4.78, 5) is 29.5. The van der Waals surface area contributed by atoms with Crippen LogP contribution in [0.3, 0.4) is 0 Å². The molecule has 0 aliphatic rings. The van der Waals surface area contributed by atoms with E-state index >= 15 is 0 Å². The first-order chi connectivity index (χ1) is 13.4. The van der Waals surface area contributed by atoms with Crippen molar-refractivity contribution in [2.24, 2.45) is 0 Å². The molecule has 0 bridgehead atoms. The van der Waals surface area contributed by atoms with E-state index in [4.69, 9.17) is 32.7 Å². The van der Waals surface area contributed by atoms with Gasteiger partial charge in [-0.15, -0.1) is 0 Å². The summed E-state index contributed by atoms with van der Waals surface area (Å²) in [5.74, 6) is -0.275. The SMILES string of the molecule is CCn1cc(C(=O)OCCOc2ccc(Cl)cc2Cl)c(=O)c2ccc(C)nc21. The Morgan fingerprint density at radius 2 is 1.96 bits per heavy atom. The van der Waals surface area contributed by atoms with Crippen LogP contribution in [0.15, 0.2) is 41.3 Å². The van der Waals surface area contributed by atoms with E-state index in [1.807, 2.05) is 13.8 Å². The highest BCUT2D eigenvalue weighted by molar-refractivity contribution is 6.35. The second-order valence-electron chi connectivity index (χ2n) is 6.04. The van der Waals surface area contributed by atoms with Crippen molar-refractivity contribution >= 4 is 40.2 Å². The molecule has 0 fully saturated rings. The average Bonchev–Trinajstić information content (AvgIpc) is 2.66. The maximum Gasteiger partial charge on any atom is 0.343 e. The number of hydrogen-bond acceptors (Lipinski definition) is 5. The highest BCUT2D eigenvalue weighted by atomic mass is 35.5. The summed E-state index contributed by atoms with van der Waals surface area (Å²) in [5.41, 5.74) is 0.899. The quantitative estimate of drug-likeness (QED) is 0.439. The lowest BCUT2D eigenvalue weighted by Crippen LogP contribution is -2.22. The fraction of sp³-hybridized carbons (Fsp3) is 0.250. The van der Waals surface area contributed by atoms with Crippen LogP contribution in [0.2, 0.25) is 10.0 Å². The van der Waals surface area contributed by atoms with Crippen LogP contribution in [-0.2, 0) is 11.3 Å². The molecule has 8 heteroatoms. The molecule has 2 aromatic heterocycles. The minimum absolute atomic E-state index is 0.0342. The monoisotopic (exact) mass is 420 g/mol. The van der Waals surface area contributed by atoms with Gasteiger partial charge in [0.1, 0.15) is 30.2 Å². The first-order valence-corrected chi connectivity index (χ1v) is 9.42. The number of fused-ring (bicyclic) bond motifs is 1. The van der Waals surface area contributed by atoms with Crippen LogP contribution in [0.5, 0.6) is 5.75 Å². The number of benzene rings is 1. The second kappa shape index (κ2) is 8.63. The molecule has 0 spiro atoms. The van der Waals surface area contributed by atoms with E-state index < -0.39 is 11.4 Å². The van der Waals surface area contributed by atoms with Crippen molar-refractivity contribution < 1.29 is 14.3 Å². The summed E-state index contributed by atoms with van der Waals surface area (Å²) in [6.45, 7) is 4.37. The maximum absolute atomic E-state index is 12.7. The molecule has 28 heavy (non-hydrogen) atoms. The third-order valence-electron chi connectivity index (χ3n) is 4.09. The zero-order chi connectivity index (χ0) is 20.3. The third kappa shape index (κ3) is 4.29. The Hall–Kier alpha value is -2.57. The van der Waals surface area contributed by atoms with Crippen LogP contribution in [0, 0.1) is 6.92 Å². The number of aromatic nitrogens is 2. The summed E-state index contributed by atoms with van der Waals surface area (Å²) < 4.78 is 12.4. The number of ether oxygens (including phenoxy) is 2. The number of nitrogens with zero attached hydrogens (tertiary/aromatic N) is 2. The molecule has 0 radical (unpaired) electrons. The van der Waals surface area contributed by atoms with Gasteiger partial charge in [-0.3, -0.25) is 4.79 Å². The Morgan fingerprint density at radius 1 is 1.18 bits per heavy atom. The predicted octanol–water partition coefficient (Wildman–Crippen LogP) is 4.27. The fourth-order valence-corrected chi connectivity index (χ4v) is 3.17. The highest BCUT2D eigenvalue weighted by Gasteiger charge is 2.17. The average molecular weight is 421 g/mol. The van der Waals surface area contributed by atoms with E-state index in [1.165, 1.54) is 6.20 Å². The van der Waals surface area contributed by atoms with Crippen LogP contribution in [0.4, 0.5) is 0 Å². The third-order valence-corrected chi connectivity index (χ3v) is 4.62. The topological polar surface area (TPSA) is 70.4 Å². The van der Waals surface area contributed by atoms with E-state index in [-0.39, 0.29) is 18.8 Å². The molecule has 1 aromatic carbocycles. The first kappa shape index (κ1) is 20.2. The Balaban J connectivity index is 1.72. The fourth-order valence-electron chi connectivity index (χ4n) is 2.70. The van der Waals surface area contributed by atoms with Gasteiger partial charge < -0.3 is 14.0 Å². The number of pyridine rings is 2. The van der Waals surface area contributed by atoms with Gasteiger partial charge in [0.05, 0.1) is 10.4 Å². The Kier molecular flexibility index (Phi) is 6.21. The Bertz CT molecular complexity index is 1100. The first-order valence-electron chi connectivity index (χ1n) is 8.66. The molecule has 0 amide bonds. The second-order valence-corrected chi connectivity index (χ2v) is 6.88. The van der Waals surface area contributed by atoms with Gasteiger partial charge in [0.15, 0.2) is 0 Å². The minimum Gasteiger partial charge on any atom is -0.488 e. The standard InChI is InChI=1S/C20H18Cl2N2O4/c1-3-24-11-15(18(25)14-6-4-12(2)23-19(14)24)20(26)28-9-8-27-17-7-5-13(21)10-16(17)22/h4-7,10-11H,3,8-9H2,1-2H3. The van der Waals surface area contributed by atoms with Crippen molar-refractivity contribution in [1.29, 1.82) is 0 Å². The summed E-state index contributed by atoms with van der Waals surface area (Å²) >= 11 is 11.9. The highest BCUT2D eigenvalue weighted by Crippen LogP contribution is 2.27. The van der Waals surface area contributed by atoms with Crippen LogP contribution < -0.4 is 10.2 Å². The molecule has 3 aromatic rings. The van der Waals surface area contributed by atoms with E-state index in [0.29, 0.717) is 33.4 Å². The van der Waals surface area contributed by atoms with E-state index in [1.54, 1.807) is 34.9 Å². The van der Waals surface area contributed by atoms with Crippen molar-refractivity contribution in [3.8, 4) is 5.75 Å². The van der Waals surface area contributed by atoms with Crippen LogP contribution in [0.25, 0.3) is 11.0 Å². The molecule has 0 aliphatic carbocycles. The Labute approximate surface area is 171 Å². The van der Waals surface area contributed by atoms with Crippen LogP contribution in [0.1, 0.15) is 23.0 Å². The number of esters is 1. The van der Waals surface area contributed by atoms with Gasteiger partial charge in [-0.2, -0.15) is 0 Å². The van der Waals surface area contributed by atoms with E-state index in [9.17, 15) is 9.59 Å². The zero-order valence-electron chi connectivity index (χ0n) is 15.4. The number of aryl methyl sites for hydroxylation is 2. The van der Waals surface area contributed by atoms with Gasteiger partial charge in [0.2, 0.25) is 5.43 Å². The lowest BCUT2D eigenvalue weighted by atomic mass is 10.2. The van der Waals surface area contributed by atoms with Gasteiger partial charge in [0.25, 0.3) is 0 Å². The molecule has 146 valence electrons. The smallest absolute Gasteiger partial charge is 0.343 e. The van der Waals surface area contributed by atoms with Gasteiger partial charge in [-0.1, -0.05) is 23.2 Å². The van der Waals surface area contributed by atoms with Crippen molar-refractivity contribution in [2.75, 3.05) is 13.2 Å². The molecule has 0 atom stereocenters. The summed E-state index contributed by atoms with van der Waals surface area (Å²) in [5, 5.41) is 1.24. The molecule has 0 aliphatic heterocycles. The molecule has 6 nitrogen and oxygen atoms in total. The van der Waals surface area contributed by atoms with Gasteiger partial charge >= 0.3 is 5.97 Å². The van der Waals surface area contributed by atoms with Crippen LogP contribution >= 0.6 is 23.2 Å². The summed E-state index contributed by atoms with van der Waals surface area (Å²) in [6, 6.07) is 8.25. The molecule has 0 unspecified atom stereocenters. The Morgan fingerprint density at radius 3 is 2.68 bits per heavy atom. The normalized spacial score (nSPS) is 10.9.